The topological polar surface area (TPSA) is 139 Å². The molecule has 2 aromatic heterocycles. The number of hydrogen-bond donors (Lipinski definition) is 3. The Morgan fingerprint density at radius 2 is 1.92 bits per heavy atom. The summed E-state index contributed by atoms with van der Waals surface area (Å²) >= 11 is 0. The van der Waals surface area contributed by atoms with Crippen molar-refractivity contribution in [1.29, 1.82) is 0 Å². The molecule has 10 nitrogen and oxygen atoms in total. The number of aromatic nitrogens is 4. The lowest BCUT2D eigenvalue weighted by atomic mass is 9.95. The van der Waals surface area contributed by atoms with Gasteiger partial charge < -0.3 is 14.5 Å². The van der Waals surface area contributed by atoms with E-state index in [1.54, 1.807) is 25.1 Å². The fourth-order valence-electron chi connectivity index (χ4n) is 4.34. The van der Waals surface area contributed by atoms with Crippen LogP contribution in [0.15, 0.2) is 59.4 Å². The van der Waals surface area contributed by atoms with E-state index in [1.165, 1.54) is 7.11 Å². The minimum absolute atomic E-state index is 0.246. The van der Waals surface area contributed by atoms with Crippen molar-refractivity contribution in [3.05, 3.63) is 81.8 Å². The Morgan fingerprint density at radius 3 is 2.68 bits per heavy atom. The van der Waals surface area contributed by atoms with Crippen LogP contribution in [0.1, 0.15) is 28.5 Å². The minimum atomic E-state index is -0.602. The summed E-state index contributed by atoms with van der Waals surface area (Å²) in [5.74, 6) is 0.689. The minimum Gasteiger partial charge on any atom is -0.495 e. The molecule has 0 radical (unpaired) electrons. The number of nitrogens with one attached hydrogen (secondary N) is 3. The number of methoxy groups -OCH3 is 1. The highest BCUT2D eigenvalue weighted by molar-refractivity contribution is 5.91. The second kappa shape index (κ2) is 9.94. The molecule has 0 spiro atoms. The molecule has 0 aliphatic carbocycles. The molecule has 0 saturated heterocycles. The molecule has 10 heteroatoms. The third-order valence-corrected chi connectivity index (χ3v) is 5.95. The Balaban J connectivity index is 1.57. The third-order valence-electron chi connectivity index (χ3n) is 5.95. The van der Waals surface area contributed by atoms with Crippen LogP contribution in [-0.4, -0.2) is 46.3 Å². The van der Waals surface area contributed by atoms with Gasteiger partial charge in [-0.3, -0.25) is 14.9 Å². The smallest absolute Gasteiger partial charge is 0.413 e. The first-order chi connectivity index (χ1) is 18.0. The molecule has 0 aliphatic rings. The van der Waals surface area contributed by atoms with E-state index in [-0.39, 0.29) is 18.1 Å². The van der Waals surface area contributed by atoms with Gasteiger partial charge in [-0.25, -0.2) is 14.9 Å². The van der Waals surface area contributed by atoms with Crippen LogP contribution < -0.4 is 15.6 Å². The van der Waals surface area contributed by atoms with Gasteiger partial charge in [-0.2, -0.15) is 5.10 Å². The summed E-state index contributed by atoms with van der Waals surface area (Å²) in [6, 6.07) is 16.5. The molecule has 0 unspecified atom stereocenters. The van der Waals surface area contributed by atoms with Gasteiger partial charge >= 0.3 is 6.09 Å². The number of aromatic amines is 2. The van der Waals surface area contributed by atoms with Crippen molar-refractivity contribution >= 4 is 40.1 Å². The molecule has 3 N–H and O–H groups in total. The summed E-state index contributed by atoms with van der Waals surface area (Å²) in [6.45, 7) is 1.96. The van der Waals surface area contributed by atoms with Gasteiger partial charge in [0.1, 0.15) is 5.75 Å². The number of amides is 1. The largest absolute Gasteiger partial charge is 0.495 e. The van der Waals surface area contributed by atoms with Crippen molar-refractivity contribution in [3.63, 3.8) is 0 Å². The van der Waals surface area contributed by atoms with E-state index in [4.69, 9.17) is 9.47 Å². The van der Waals surface area contributed by atoms with Gasteiger partial charge in [0.15, 0.2) is 6.29 Å². The van der Waals surface area contributed by atoms with Gasteiger partial charge in [-0.1, -0.05) is 24.3 Å². The van der Waals surface area contributed by atoms with E-state index in [1.807, 2.05) is 36.4 Å². The molecule has 0 saturated carbocycles. The molecule has 0 aliphatic heterocycles. The fourth-order valence-corrected chi connectivity index (χ4v) is 4.34. The van der Waals surface area contributed by atoms with Crippen molar-refractivity contribution in [2.24, 2.45) is 0 Å². The predicted molar refractivity (Wildman–Crippen MR) is 139 cm³/mol. The normalized spacial score (nSPS) is 11.0. The van der Waals surface area contributed by atoms with E-state index < -0.39 is 6.09 Å². The summed E-state index contributed by atoms with van der Waals surface area (Å²) in [4.78, 5) is 43.4. The molecule has 5 aromatic rings. The summed E-state index contributed by atoms with van der Waals surface area (Å²) in [7, 11) is 1.51. The lowest BCUT2D eigenvalue weighted by Gasteiger charge is -2.14. The average molecular weight is 498 g/mol. The number of benzene rings is 3. The molecule has 0 fully saturated rings. The molecule has 3 aromatic carbocycles. The van der Waals surface area contributed by atoms with E-state index in [2.05, 4.69) is 25.5 Å². The first-order valence-corrected chi connectivity index (χ1v) is 11.6. The third kappa shape index (κ3) is 4.64. The van der Waals surface area contributed by atoms with Crippen LogP contribution in [0.2, 0.25) is 0 Å². The van der Waals surface area contributed by atoms with Crippen molar-refractivity contribution < 1.29 is 19.1 Å². The average Bonchev–Trinajstić information content (AvgIpc) is 3.31. The number of fused-ring (bicyclic) bond motifs is 2. The van der Waals surface area contributed by atoms with Crippen LogP contribution in [-0.2, 0) is 11.2 Å². The zero-order chi connectivity index (χ0) is 25.9. The SMILES string of the molecule is CCOC(=O)Nc1nc2cc(-c3cc(Cc4n[nH]c(=O)c5ccccc45)cc(C=O)c3OC)ccc2[nH]1. The lowest BCUT2D eigenvalue weighted by Crippen LogP contribution is -2.14. The van der Waals surface area contributed by atoms with Gasteiger partial charge in [-0.15, -0.1) is 0 Å². The highest BCUT2D eigenvalue weighted by Crippen LogP contribution is 2.36. The van der Waals surface area contributed by atoms with E-state index in [9.17, 15) is 14.4 Å². The van der Waals surface area contributed by atoms with Gasteiger partial charge in [0.2, 0.25) is 5.95 Å². The van der Waals surface area contributed by atoms with E-state index >= 15 is 0 Å². The van der Waals surface area contributed by atoms with E-state index in [0.717, 1.165) is 22.8 Å². The van der Waals surface area contributed by atoms with Crippen molar-refractivity contribution in [1.82, 2.24) is 20.2 Å². The quantitative estimate of drug-likeness (QED) is 0.282. The number of aldehydes is 1. The van der Waals surface area contributed by atoms with Crippen LogP contribution in [0.3, 0.4) is 0 Å². The van der Waals surface area contributed by atoms with Gasteiger partial charge in [-0.05, 0) is 48.4 Å². The summed E-state index contributed by atoms with van der Waals surface area (Å²) in [5, 5.41) is 10.7. The molecule has 37 heavy (non-hydrogen) atoms. The van der Waals surface area contributed by atoms with Gasteiger partial charge in [0.05, 0.1) is 41.4 Å². The number of anilines is 1. The Labute approximate surface area is 210 Å². The van der Waals surface area contributed by atoms with Gasteiger partial charge in [0, 0.05) is 17.4 Å². The monoisotopic (exact) mass is 497 g/mol. The number of carbonyl (C=O) groups excluding carboxylic acids is 2. The zero-order valence-corrected chi connectivity index (χ0v) is 20.1. The number of H-pyrrole nitrogens is 2. The Bertz CT molecular complexity index is 1710. The molecule has 186 valence electrons. The fraction of sp³-hybridized carbons (Fsp3) is 0.148. The van der Waals surface area contributed by atoms with Crippen molar-refractivity contribution in [2.45, 2.75) is 13.3 Å². The second-order valence-electron chi connectivity index (χ2n) is 8.27. The summed E-state index contributed by atoms with van der Waals surface area (Å²) in [5.41, 5.74) is 4.41. The Hall–Kier alpha value is -4.99. The molecule has 2 heterocycles. The number of hydrogen-bond acceptors (Lipinski definition) is 7. The first-order valence-electron chi connectivity index (χ1n) is 11.6. The number of nitrogens with zero attached hydrogens (tertiary/aromatic N) is 2. The zero-order valence-electron chi connectivity index (χ0n) is 20.1. The molecule has 5 rings (SSSR count). The Kier molecular flexibility index (Phi) is 6.38. The number of rotatable bonds is 7. The van der Waals surface area contributed by atoms with Crippen LogP contribution in [0.4, 0.5) is 10.7 Å². The lowest BCUT2D eigenvalue weighted by molar-refractivity contribution is 0.112. The maximum absolute atomic E-state index is 12.2. The molecular weight excluding hydrogens is 474 g/mol. The molecule has 1 amide bonds. The van der Waals surface area contributed by atoms with Crippen LogP contribution in [0.25, 0.3) is 32.9 Å². The van der Waals surface area contributed by atoms with Crippen molar-refractivity contribution in [3.8, 4) is 16.9 Å². The van der Waals surface area contributed by atoms with Crippen LogP contribution in [0.5, 0.6) is 5.75 Å². The molecule has 0 atom stereocenters. The van der Waals surface area contributed by atoms with Crippen LogP contribution in [0, 0.1) is 0 Å². The standard InChI is InChI=1S/C27H23N5O5/c1-3-37-27(35)30-26-28-21-9-8-16(13-23(21)29-26)20-11-15(10-17(14-33)24(20)36-2)12-22-18-6-4-5-7-19(18)25(34)32-31-22/h4-11,13-14H,3,12H2,1-2H3,(H,32,34)(H2,28,29,30,35). The van der Waals surface area contributed by atoms with Crippen LogP contribution >= 0.6 is 0 Å². The highest BCUT2D eigenvalue weighted by atomic mass is 16.5. The number of carbonyl (C=O) groups is 2. The first kappa shape index (κ1) is 23.7. The van der Waals surface area contributed by atoms with Gasteiger partial charge in [0.25, 0.3) is 5.56 Å². The molecular formula is C27H23N5O5. The maximum Gasteiger partial charge on any atom is 0.413 e. The predicted octanol–water partition coefficient (Wildman–Crippen LogP) is 4.45. The number of ether oxygens (including phenoxy) is 2. The highest BCUT2D eigenvalue weighted by Gasteiger charge is 2.17. The Morgan fingerprint density at radius 1 is 1.11 bits per heavy atom. The summed E-state index contributed by atoms with van der Waals surface area (Å²) in [6.07, 6.45) is 0.529. The number of imidazole rings is 1. The molecule has 0 bridgehead atoms. The van der Waals surface area contributed by atoms with Crippen molar-refractivity contribution in [2.75, 3.05) is 19.0 Å². The maximum atomic E-state index is 12.2. The van der Waals surface area contributed by atoms with E-state index in [0.29, 0.717) is 45.4 Å². The second-order valence-corrected chi connectivity index (χ2v) is 8.27. The summed E-state index contributed by atoms with van der Waals surface area (Å²) < 4.78 is 10.5.